The zero-order chi connectivity index (χ0) is 18.6. The Morgan fingerprint density at radius 1 is 1.15 bits per heavy atom. The van der Waals surface area contributed by atoms with E-state index < -0.39 is 0 Å². The van der Waals surface area contributed by atoms with Crippen LogP contribution < -0.4 is 5.32 Å². The number of amides is 1. The molecule has 1 saturated heterocycles. The first-order valence-corrected chi connectivity index (χ1v) is 8.83. The SMILES string of the molecule is O=C1C[C@@H](c2ccccc2)N(Cc2nc(-c3ccc(F)cc3)no2)CCN1. The van der Waals surface area contributed by atoms with Gasteiger partial charge in [0.1, 0.15) is 5.82 Å². The van der Waals surface area contributed by atoms with Crippen LogP contribution in [0.15, 0.2) is 59.1 Å². The van der Waals surface area contributed by atoms with E-state index in [-0.39, 0.29) is 17.8 Å². The average Bonchev–Trinajstić information content (AvgIpc) is 3.07. The molecule has 1 atom stereocenters. The first-order valence-electron chi connectivity index (χ1n) is 8.83. The zero-order valence-corrected chi connectivity index (χ0v) is 14.6. The number of nitrogens with one attached hydrogen (secondary N) is 1. The molecule has 7 heteroatoms. The normalized spacial score (nSPS) is 18.1. The fourth-order valence-electron chi connectivity index (χ4n) is 3.27. The Balaban J connectivity index is 1.56. The Bertz CT molecular complexity index is 911. The van der Waals surface area contributed by atoms with Crippen LogP contribution in [0.25, 0.3) is 11.4 Å². The summed E-state index contributed by atoms with van der Waals surface area (Å²) in [6.45, 7) is 1.68. The maximum Gasteiger partial charge on any atom is 0.241 e. The Morgan fingerprint density at radius 2 is 1.93 bits per heavy atom. The second-order valence-electron chi connectivity index (χ2n) is 6.47. The maximum absolute atomic E-state index is 13.1. The molecule has 138 valence electrons. The molecule has 2 heterocycles. The fourth-order valence-corrected chi connectivity index (χ4v) is 3.27. The quantitative estimate of drug-likeness (QED) is 0.769. The Kier molecular flexibility index (Phi) is 4.93. The molecule has 1 aliphatic heterocycles. The smallest absolute Gasteiger partial charge is 0.241 e. The number of hydrogen-bond acceptors (Lipinski definition) is 5. The highest BCUT2D eigenvalue weighted by molar-refractivity contribution is 5.77. The van der Waals surface area contributed by atoms with Crippen molar-refractivity contribution in [3.8, 4) is 11.4 Å². The van der Waals surface area contributed by atoms with E-state index in [0.717, 1.165) is 5.56 Å². The van der Waals surface area contributed by atoms with E-state index in [0.29, 0.717) is 43.3 Å². The van der Waals surface area contributed by atoms with E-state index in [9.17, 15) is 9.18 Å². The van der Waals surface area contributed by atoms with Crippen LogP contribution in [-0.2, 0) is 11.3 Å². The summed E-state index contributed by atoms with van der Waals surface area (Å²) in [5.41, 5.74) is 1.77. The van der Waals surface area contributed by atoms with Gasteiger partial charge in [-0.25, -0.2) is 4.39 Å². The molecule has 27 heavy (non-hydrogen) atoms. The van der Waals surface area contributed by atoms with E-state index >= 15 is 0 Å². The Hall–Kier alpha value is -3.06. The van der Waals surface area contributed by atoms with Gasteiger partial charge in [-0.15, -0.1) is 0 Å². The molecule has 1 aliphatic rings. The van der Waals surface area contributed by atoms with Crippen LogP contribution in [0.2, 0.25) is 0 Å². The molecule has 0 aliphatic carbocycles. The van der Waals surface area contributed by atoms with E-state index in [1.165, 1.54) is 12.1 Å². The van der Waals surface area contributed by atoms with Crippen molar-refractivity contribution in [2.45, 2.75) is 19.0 Å². The van der Waals surface area contributed by atoms with E-state index in [2.05, 4.69) is 20.4 Å². The van der Waals surface area contributed by atoms with Crippen LogP contribution in [0.1, 0.15) is 23.9 Å². The molecule has 0 bridgehead atoms. The van der Waals surface area contributed by atoms with Gasteiger partial charge >= 0.3 is 0 Å². The molecular weight excluding hydrogens is 347 g/mol. The van der Waals surface area contributed by atoms with Gasteiger partial charge in [0.2, 0.25) is 17.6 Å². The van der Waals surface area contributed by atoms with Gasteiger partial charge in [0.25, 0.3) is 0 Å². The molecule has 3 aromatic rings. The molecule has 0 saturated carbocycles. The predicted molar refractivity (Wildman–Crippen MR) is 96.9 cm³/mol. The molecule has 0 unspecified atom stereocenters. The fraction of sp³-hybridized carbons (Fsp3) is 0.250. The molecule has 1 N–H and O–H groups in total. The minimum Gasteiger partial charge on any atom is -0.355 e. The second-order valence-corrected chi connectivity index (χ2v) is 6.47. The summed E-state index contributed by atoms with van der Waals surface area (Å²) in [5, 5.41) is 6.91. The monoisotopic (exact) mass is 366 g/mol. The molecular formula is C20H19FN4O2. The summed E-state index contributed by atoms with van der Waals surface area (Å²) >= 11 is 0. The van der Waals surface area contributed by atoms with Crippen LogP contribution >= 0.6 is 0 Å². The third-order valence-electron chi connectivity index (χ3n) is 4.63. The topological polar surface area (TPSA) is 71.3 Å². The first-order chi connectivity index (χ1) is 13.2. The highest BCUT2D eigenvalue weighted by Gasteiger charge is 2.27. The number of rotatable bonds is 4. The number of hydrogen-bond donors (Lipinski definition) is 1. The predicted octanol–water partition coefficient (Wildman–Crippen LogP) is 2.94. The maximum atomic E-state index is 13.1. The van der Waals surface area contributed by atoms with Crippen molar-refractivity contribution in [1.29, 1.82) is 0 Å². The molecule has 0 radical (unpaired) electrons. The molecule has 4 rings (SSSR count). The lowest BCUT2D eigenvalue weighted by Gasteiger charge is -2.27. The lowest BCUT2D eigenvalue weighted by molar-refractivity contribution is -0.121. The van der Waals surface area contributed by atoms with Crippen LogP contribution in [-0.4, -0.2) is 34.0 Å². The summed E-state index contributed by atoms with van der Waals surface area (Å²) in [6.07, 6.45) is 0.378. The van der Waals surface area contributed by atoms with Gasteiger partial charge in [-0.1, -0.05) is 35.5 Å². The highest BCUT2D eigenvalue weighted by atomic mass is 19.1. The van der Waals surface area contributed by atoms with Gasteiger partial charge in [-0.05, 0) is 29.8 Å². The van der Waals surface area contributed by atoms with E-state index in [1.54, 1.807) is 12.1 Å². The van der Waals surface area contributed by atoms with Gasteiger partial charge in [0.05, 0.1) is 6.54 Å². The largest absolute Gasteiger partial charge is 0.355 e. The standard InChI is InChI=1S/C20H19FN4O2/c21-16-8-6-15(7-9-16)20-23-19(27-24-20)13-25-11-10-22-18(26)12-17(25)14-4-2-1-3-5-14/h1-9,17H,10-13H2,(H,22,26)/t17-/m0/s1. The molecule has 0 spiro atoms. The number of benzene rings is 2. The Morgan fingerprint density at radius 3 is 2.70 bits per heavy atom. The van der Waals surface area contributed by atoms with Crippen LogP contribution in [0.4, 0.5) is 4.39 Å². The molecule has 1 amide bonds. The number of aromatic nitrogens is 2. The van der Waals surface area contributed by atoms with Crippen molar-refractivity contribution in [2.75, 3.05) is 13.1 Å². The van der Waals surface area contributed by atoms with Gasteiger partial charge in [-0.2, -0.15) is 4.98 Å². The number of carbonyl (C=O) groups excluding carboxylic acids is 1. The van der Waals surface area contributed by atoms with Crippen LogP contribution in [0, 0.1) is 5.82 Å². The molecule has 1 aromatic heterocycles. The third-order valence-corrected chi connectivity index (χ3v) is 4.63. The number of nitrogens with zero attached hydrogens (tertiary/aromatic N) is 3. The van der Waals surface area contributed by atoms with E-state index in [4.69, 9.17) is 4.52 Å². The lowest BCUT2D eigenvalue weighted by Crippen LogP contribution is -2.30. The number of carbonyl (C=O) groups is 1. The second kappa shape index (κ2) is 7.67. The molecule has 2 aromatic carbocycles. The van der Waals surface area contributed by atoms with Gasteiger partial charge < -0.3 is 9.84 Å². The van der Waals surface area contributed by atoms with Crippen molar-refractivity contribution >= 4 is 5.91 Å². The summed E-state index contributed by atoms with van der Waals surface area (Å²) in [4.78, 5) is 18.7. The van der Waals surface area contributed by atoms with Crippen LogP contribution in [0.3, 0.4) is 0 Å². The molecule has 6 nitrogen and oxygen atoms in total. The minimum absolute atomic E-state index is 0.0314. The lowest BCUT2D eigenvalue weighted by atomic mass is 10.0. The highest BCUT2D eigenvalue weighted by Crippen LogP contribution is 2.27. The zero-order valence-electron chi connectivity index (χ0n) is 14.6. The van der Waals surface area contributed by atoms with Crippen molar-refractivity contribution in [3.63, 3.8) is 0 Å². The van der Waals surface area contributed by atoms with E-state index in [1.807, 2.05) is 30.3 Å². The molecule has 1 fully saturated rings. The van der Waals surface area contributed by atoms with Crippen molar-refractivity contribution in [1.82, 2.24) is 20.4 Å². The van der Waals surface area contributed by atoms with Crippen molar-refractivity contribution < 1.29 is 13.7 Å². The Labute approximate surface area is 156 Å². The van der Waals surface area contributed by atoms with Gasteiger partial charge in [-0.3, -0.25) is 9.69 Å². The summed E-state index contributed by atoms with van der Waals surface area (Å²) in [7, 11) is 0. The van der Waals surface area contributed by atoms with Gasteiger partial charge in [0.15, 0.2) is 0 Å². The minimum atomic E-state index is -0.310. The number of halogens is 1. The summed E-state index contributed by atoms with van der Waals surface area (Å²) in [5.74, 6) is 0.605. The van der Waals surface area contributed by atoms with Crippen molar-refractivity contribution in [2.24, 2.45) is 0 Å². The van der Waals surface area contributed by atoms with Crippen molar-refractivity contribution in [3.05, 3.63) is 71.9 Å². The van der Waals surface area contributed by atoms with Crippen LogP contribution in [0.5, 0.6) is 0 Å². The van der Waals surface area contributed by atoms with Gasteiger partial charge in [0, 0.05) is 31.1 Å². The summed E-state index contributed by atoms with van der Waals surface area (Å²) in [6, 6.07) is 15.8. The average molecular weight is 366 g/mol. The summed E-state index contributed by atoms with van der Waals surface area (Å²) < 4.78 is 18.5. The third kappa shape index (κ3) is 4.03. The first kappa shape index (κ1) is 17.4.